The largest absolute Gasteiger partial charge is 0.573 e. The molecule has 1 heterocycles. The Morgan fingerprint density at radius 2 is 1.71 bits per heavy atom. The van der Waals surface area contributed by atoms with E-state index in [1.54, 1.807) is 24.3 Å². The molecule has 0 saturated heterocycles. The van der Waals surface area contributed by atoms with Crippen molar-refractivity contribution in [2.45, 2.75) is 19.3 Å². The SMILES string of the molecule is COC(=O)C1(C)C(c2ccc(Cl)cc2)=NN(C(N)=O)C1c1ccc(OC(F)(F)F)cc1. The van der Waals surface area contributed by atoms with Gasteiger partial charge in [-0.25, -0.2) is 9.80 Å². The van der Waals surface area contributed by atoms with E-state index in [-0.39, 0.29) is 5.71 Å². The van der Waals surface area contributed by atoms with Gasteiger partial charge in [0, 0.05) is 5.02 Å². The molecule has 0 fully saturated rings. The molecule has 164 valence electrons. The maximum absolute atomic E-state index is 12.9. The Kier molecular flexibility index (Phi) is 5.86. The van der Waals surface area contributed by atoms with Crippen molar-refractivity contribution in [1.29, 1.82) is 0 Å². The average molecular weight is 456 g/mol. The molecule has 0 aromatic heterocycles. The molecule has 1 aliphatic heterocycles. The van der Waals surface area contributed by atoms with E-state index in [4.69, 9.17) is 22.1 Å². The number of nitrogens with two attached hydrogens (primary N) is 1. The van der Waals surface area contributed by atoms with Crippen LogP contribution >= 0.6 is 11.6 Å². The van der Waals surface area contributed by atoms with Crippen LogP contribution in [0.3, 0.4) is 0 Å². The number of rotatable bonds is 4. The summed E-state index contributed by atoms with van der Waals surface area (Å²) in [7, 11) is 1.18. The van der Waals surface area contributed by atoms with Crippen molar-refractivity contribution in [1.82, 2.24) is 5.01 Å². The summed E-state index contributed by atoms with van der Waals surface area (Å²) >= 11 is 5.94. The summed E-state index contributed by atoms with van der Waals surface area (Å²) in [5, 5.41) is 5.62. The first-order valence-corrected chi connectivity index (χ1v) is 9.23. The number of amides is 2. The summed E-state index contributed by atoms with van der Waals surface area (Å²) in [5.74, 6) is -1.18. The number of methoxy groups -OCH3 is 1. The lowest BCUT2D eigenvalue weighted by molar-refractivity contribution is -0.274. The van der Waals surface area contributed by atoms with Gasteiger partial charge in [-0.05, 0) is 42.3 Å². The Morgan fingerprint density at radius 3 is 2.19 bits per heavy atom. The van der Waals surface area contributed by atoms with E-state index in [2.05, 4.69) is 9.84 Å². The second kappa shape index (κ2) is 8.10. The van der Waals surface area contributed by atoms with Gasteiger partial charge in [0.15, 0.2) is 0 Å². The molecule has 1 aliphatic rings. The number of benzene rings is 2. The van der Waals surface area contributed by atoms with E-state index in [9.17, 15) is 22.8 Å². The molecule has 2 atom stereocenters. The molecule has 0 bridgehead atoms. The van der Waals surface area contributed by atoms with Crippen molar-refractivity contribution in [3.05, 3.63) is 64.7 Å². The number of carbonyl (C=O) groups is 2. The fourth-order valence-corrected chi connectivity index (χ4v) is 3.66. The van der Waals surface area contributed by atoms with Crippen LogP contribution in [0.1, 0.15) is 24.1 Å². The topological polar surface area (TPSA) is 94.2 Å². The van der Waals surface area contributed by atoms with Crippen molar-refractivity contribution < 1.29 is 32.2 Å². The zero-order valence-electron chi connectivity index (χ0n) is 16.3. The number of halogens is 4. The van der Waals surface area contributed by atoms with Gasteiger partial charge in [0.25, 0.3) is 0 Å². The smallest absolute Gasteiger partial charge is 0.468 e. The predicted octanol–water partition coefficient (Wildman–Crippen LogP) is 4.26. The molecule has 2 amide bonds. The highest BCUT2D eigenvalue weighted by atomic mass is 35.5. The molecule has 2 aromatic rings. The highest BCUT2D eigenvalue weighted by molar-refractivity contribution is 6.30. The lowest BCUT2D eigenvalue weighted by atomic mass is 9.73. The Morgan fingerprint density at radius 1 is 1.13 bits per heavy atom. The summed E-state index contributed by atoms with van der Waals surface area (Å²) in [6.07, 6.45) is -4.86. The molecule has 3 rings (SSSR count). The fraction of sp³-hybridized carbons (Fsp3) is 0.250. The van der Waals surface area contributed by atoms with Gasteiger partial charge in [-0.15, -0.1) is 13.2 Å². The number of nitrogens with zero attached hydrogens (tertiary/aromatic N) is 2. The molecule has 0 radical (unpaired) electrons. The van der Waals surface area contributed by atoms with Gasteiger partial charge in [0.2, 0.25) is 0 Å². The molecular weight excluding hydrogens is 439 g/mol. The van der Waals surface area contributed by atoms with Crippen LogP contribution in [0, 0.1) is 5.41 Å². The third-order valence-corrected chi connectivity index (χ3v) is 5.13. The molecule has 0 saturated carbocycles. The Hall–Kier alpha value is -3.27. The van der Waals surface area contributed by atoms with Gasteiger partial charge in [-0.3, -0.25) is 4.79 Å². The summed E-state index contributed by atoms with van der Waals surface area (Å²) in [6, 6.07) is 9.09. The van der Waals surface area contributed by atoms with E-state index in [0.29, 0.717) is 16.1 Å². The minimum absolute atomic E-state index is 0.190. The number of primary amides is 1. The van der Waals surface area contributed by atoms with Crippen LogP contribution in [0.25, 0.3) is 0 Å². The summed E-state index contributed by atoms with van der Waals surface area (Å²) in [6.45, 7) is 1.51. The summed E-state index contributed by atoms with van der Waals surface area (Å²) < 4.78 is 46.3. The maximum atomic E-state index is 12.9. The van der Waals surface area contributed by atoms with Crippen LogP contribution in [-0.2, 0) is 9.53 Å². The Bertz CT molecular complexity index is 1030. The molecule has 0 aliphatic carbocycles. The minimum Gasteiger partial charge on any atom is -0.468 e. The molecule has 31 heavy (non-hydrogen) atoms. The normalized spacial score (nSPS) is 20.9. The first-order valence-electron chi connectivity index (χ1n) is 8.85. The maximum Gasteiger partial charge on any atom is 0.573 e. The second-order valence-electron chi connectivity index (χ2n) is 6.85. The number of hydrazone groups is 1. The predicted molar refractivity (Wildman–Crippen MR) is 105 cm³/mol. The van der Waals surface area contributed by atoms with Crippen molar-refractivity contribution >= 4 is 29.3 Å². The lowest BCUT2D eigenvalue weighted by Crippen LogP contribution is -2.45. The minimum atomic E-state index is -4.86. The number of urea groups is 1. The third kappa shape index (κ3) is 4.29. The molecule has 7 nitrogen and oxygen atoms in total. The number of alkyl halides is 3. The lowest BCUT2D eigenvalue weighted by Gasteiger charge is -2.32. The second-order valence-corrected chi connectivity index (χ2v) is 7.29. The molecular formula is C20H17ClF3N3O4. The van der Waals surface area contributed by atoms with Crippen LogP contribution in [0.4, 0.5) is 18.0 Å². The van der Waals surface area contributed by atoms with Crippen LogP contribution in [0.15, 0.2) is 53.6 Å². The number of esters is 1. The summed E-state index contributed by atoms with van der Waals surface area (Å²) in [4.78, 5) is 25.1. The van der Waals surface area contributed by atoms with Gasteiger partial charge in [-0.1, -0.05) is 35.9 Å². The van der Waals surface area contributed by atoms with E-state index in [1.165, 1.54) is 26.2 Å². The third-order valence-electron chi connectivity index (χ3n) is 4.87. The molecule has 2 aromatic carbocycles. The number of hydrogen-bond donors (Lipinski definition) is 1. The first kappa shape index (κ1) is 22.4. The first-order chi connectivity index (χ1) is 14.5. The number of carbonyl (C=O) groups excluding carboxylic acids is 2. The molecule has 0 spiro atoms. The van der Waals surface area contributed by atoms with Crippen molar-refractivity contribution in [3.63, 3.8) is 0 Å². The Balaban J connectivity index is 2.12. The molecule has 2 N–H and O–H groups in total. The molecule has 2 unspecified atom stereocenters. The average Bonchev–Trinajstić information content (AvgIpc) is 3.02. The fourth-order valence-electron chi connectivity index (χ4n) is 3.53. The number of ether oxygens (including phenoxy) is 2. The van der Waals surface area contributed by atoms with Gasteiger partial charge >= 0.3 is 18.4 Å². The van der Waals surface area contributed by atoms with Gasteiger partial charge in [-0.2, -0.15) is 5.10 Å². The van der Waals surface area contributed by atoms with Crippen LogP contribution < -0.4 is 10.5 Å². The van der Waals surface area contributed by atoms with E-state index in [1.807, 2.05) is 0 Å². The zero-order chi connectivity index (χ0) is 23.0. The van der Waals surface area contributed by atoms with Crippen LogP contribution in [0.5, 0.6) is 5.75 Å². The van der Waals surface area contributed by atoms with E-state index < -0.39 is 35.6 Å². The van der Waals surface area contributed by atoms with E-state index >= 15 is 0 Å². The number of hydrogen-bond acceptors (Lipinski definition) is 5. The standard InChI is InChI=1S/C20H17ClF3N3O4/c1-19(17(28)30-2)15(11-3-7-13(21)8-4-11)26-27(18(25)29)16(19)12-5-9-14(10-6-12)31-20(22,23)24/h3-10,16H,1-2H3,(H2,25,29). The summed E-state index contributed by atoms with van der Waals surface area (Å²) in [5.41, 5.74) is 4.95. The van der Waals surface area contributed by atoms with Crippen molar-refractivity contribution in [3.8, 4) is 5.75 Å². The monoisotopic (exact) mass is 455 g/mol. The zero-order valence-corrected chi connectivity index (χ0v) is 17.1. The highest BCUT2D eigenvalue weighted by Gasteiger charge is 2.56. The van der Waals surface area contributed by atoms with Crippen LogP contribution in [0.2, 0.25) is 5.02 Å². The van der Waals surface area contributed by atoms with Gasteiger partial charge in [0.1, 0.15) is 17.2 Å². The van der Waals surface area contributed by atoms with Gasteiger partial charge < -0.3 is 15.2 Å². The van der Waals surface area contributed by atoms with Crippen LogP contribution in [-0.4, -0.2) is 36.2 Å². The van der Waals surface area contributed by atoms with E-state index in [0.717, 1.165) is 17.1 Å². The quantitative estimate of drug-likeness (QED) is 0.697. The highest BCUT2D eigenvalue weighted by Crippen LogP contribution is 2.48. The van der Waals surface area contributed by atoms with Crippen molar-refractivity contribution in [2.75, 3.05) is 7.11 Å². The van der Waals surface area contributed by atoms with Gasteiger partial charge in [0.05, 0.1) is 12.8 Å². The van der Waals surface area contributed by atoms with Crippen molar-refractivity contribution in [2.24, 2.45) is 16.3 Å². The Labute approximate surface area is 180 Å². The molecule has 11 heteroatoms.